The van der Waals surface area contributed by atoms with Crippen LogP contribution in [0.1, 0.15) is 17.5 Å². The van der Waals surface area contributed by atoms with Gasteiger partial charge < -0.3 is 4.74 Å². The Kier molecular flexibility index (Phi) is 4.25. The summed E-state index contributed by atoms with van der Waals surface area (Å²) < 4.78 is 54.9. The summed E-state index contributed by atoms with van der Waals surface area (Å²) in [7, 11) is -4.62. The van der Waals surface area contributed by atoms with Crippen LogP contribution in [0.25, 0.3) is 0 Å². The molecular weight excluding hydrogens is 348 g/mol. The zero-order valence-electron chi connectivity index (χ0n) is 11.8. The zero-order chi connectivity index (χ0) is 16.6. The number of pyridine rings is 1. The van der Waals surface area contributed by atoms with Gasteiger partial charge in [0, 0.05) is 12.3 Å². The average Bonchev–Trinajstić information content (AvgIpc) is 2.97. The van der Waals surface area contributed by atoms with Gasteiger partial charge >= 0.3 is 5.76 Å². The Balaban J connectivity index is 2.04. The molecule has 1 aliphatic carbocycles. The van der Waals surface area contributed by atoms with Crippen LogP contribution in [0.5, 0.6) is 11.5 Å². The van der Waals surface area contributed by atoms with E-state index < -0.39 is 15.6 Å². The molecule has 0 fully saturated rings. The van der Waals surface area contributed by atoms with Gasteiger partial charge in [-0.15, -0.1) is 0 Å². The predicted molar refractivity (Wildman–Crippen MR) is 81.0 cm³/mol. The van der Waals surface area contributed by atoms with Gasteiger partial charge in [-0.25, -0.2) is 8.42 Å². The molecule has 0 aliphatic heterocycles. The van der Waals surface area contributed by atoms with E-state index in [-0.39, 0.29) is 4.90 Å². The van der Waals surface area contributed by atoms with Gasteiger partial charge in [0.15, 0.2) is 0 Å². The second kappa shape index (κ2) is 6.05. The Morgan fingerprint density at radius 3 is 2.61 bits per heavy atom. The highest BCUT2D eigenvalue weighted by Gasteiger charge is 2.32. The fourth-order valence-corrected chi connectivity index (χ4v) is 3.86. The molecule has 122 valence electrons. The molecule has 1 aliphatic rings. The van der Waals surface area contributed by atoms with Crippen LogP contribution < -0.4 is 4.74 Å². The molecule has 8 heteroatoms. The first-order valence-corrected chi connectivity index (χ1v) is 8.77. The molecule has 2 aromatic rings. The minimum atomic E-state index is -4.62. The van der Waals surface area contributed by atoms with Crippen LogP contribution in [0.3, 0.4) is 0 Å². The van der Waals surface area contributed by atoms with E-state index in [1.807, 2.05) is 0 Å². The Morgan fingerprint density at radius 2 is 1.91 bits per heavy atom. The van der Waals surface area contributed by atoms with Crippen molar-refractivity contribution < 1.29 is 21.9 Å². The Hall–Kier alpha value is -1.73. The summed E-state index contributed by atoms with van der Waals surface area (Å²) in [6, 6.07) is 4.15. The van der Waals surface area contributed by atoms with Crippen molar-refractivity contribution in [3.05, 3.63) is 46.7 Å². The van der Waals surface area contributed by atoms with Crippen LogP contribution in [0.2, 0.25) is 5.02 Å². The molecule has 1 aromatic carbocycles. The summed E-state index contributed by atoms with van der Waals surface area (Å²) >= 11 is 5.84. The van der Waals surface area contributed by atoms with E-state index in [4.69, 9.17) is 16.3 Å². The van der Waals surface area contributed by atoms with Gasteiger partial charge in [0.2, 0.25) is 9.84 Å². The standard InChI is InChI=1S/C15H12ClF2NO3S/c16-9-6-10(8-19-7-9)22-13-4-5-14(23(20,21)15(17)18)12-3-1-2-11(12)13/h4-8,15H,1-3H2. The Labute approximate surface area is 137 Å². The molecule has 0 saturated carbocycles. The quantitative estimate of drug-likeness (QED) is 0.827. The fourth-order valence-electron chi connectivity index (χ4n) is 2.67. The smallest absolute Gasteiger partial charge is 0.341 e. The third-order valence-corrected chi connectivity index (χ3v) is 5.32. The summed E-state index contributed by atoms with van der Waals surface area (Å²) in [6.45, 7) is 0. The molecule has 0 radical (unpaired) electrons. The number of fused-ring (bicyclic) bond motifs is 1. The summed E-state index contributed by atoms with van der Waals surface area (Å²) in [5, 5.41) is 0.399. The van der Waals surface area contributed by atoms with Crippen molar-refractivity contribution in [3.8, 4) is 11.5 Å². The van der Waals surface area contributed by atoms with Crippen molar-refractivity contribution >= 4 is 21.4 Å². The maximum absolute atomic E-state index is 12.8. The van der Waals surface area contributed by atoms with Crippen LogP contribution in [0, 0.1) is 0 Å². The topological polar surface area (TPSA) is 56.3 Å². The van der Waals surface area contributed by atoms with Gasteiger partial charge in [-0.3, -0.25) is 4.98 Å². The second-order valence-electron chi connectivity index (χ2n) is 5.12. The van der Waals surface area contributed by atoms with Crippen LogP contribution in [-0.2, 0) is 22.7 Å². The molecule has 1 aromatic heterocycles. The highest BCUT2D eigenvalue weighted by molar-refractivity contribution is 7.91. The minimum Gasteiger partial charge on any atom is -0.455 e. The highest BCUT2D eigenvalue weighted by atomic mass is 35.5. The van der Waals surface area contributed by atoms with Gasteiger partial charge in [-0.2, -0.15) is 8.78 Å². The number of nitrogens with zero attached hydrogens (tertiary/aromatic N) is 1. The number of ether oxygens (including phenoxy) is 1. The van der Waals surface area contributed by atoms with Gasteiger partial charge in [0.05, 0.1) is 16.1 Å². The maximum atomic E-state index is 12.8. The third-order valence-electron chi connectivity index (χ3n) is 3.65. The lowest BCUT2D eigenvalue weighted by atomic mass is 10.1. The summed E-state index contributed by atoms with van der Waals surface area (Å²) in [5.74, 6) is -2.60. The van der Waals surface area contributed by atoms with E-state index in [1.165, 1.54) is 24.5 Å². The van der Waals surface area contributed by atoms with Crippen molar-refractivity contribution in [2.24, 2.45) is 0 Å². The first-order valence-electron chi connectivity index (χ1n) is 6.85. The van der Waals surface area contributed by atoms with Gasteiger partial charge in [-0.05, 0) is 42.5 Å². The Morgan fingerprint density at radius 1 is 1.17 bits per heavy atom. The van der Waals surface area contributed by atoms with Gasteiger partial charge in [0.1, 0.15) is 11.5 Å². The van der Waals surface area contributed by atoms with Crippen LogP contribution >= 0.6 is 11.6 Å². The molecule has 0 N–H and O–H groups in total. The van der Waals surface area contributed by atoms with Gasteiger partial charge in [-0.1, -0.05) is 11.6 Å². The fraction of sp³-hybridized carbons (Fsp3) is 0.267. The second-order valence-corrected chi connectivity index (χ2v) is 7.44. The third kappa shape index (κ3) is 3.03. The predicted octanol–water partition coefficient (Wildman–Crippen LogP) is 4.01. The van der Waals surface area contributed by atoms with Crippen molar-refractivity contribution in [2.75, 3.05) is 0 Å². The minimum absolute atomic E-state index is 0.309. The average molecular weight is 360 g/mol. The van der Waals surface area contributed by atoms with Gasteiger partial charge in [0.25, 0.3) is 0 Å². The van der Waals surface area contributed by atoms with E-state index in [0.717, 1.165) is 0 Å². The van der Waals surface area contributed by atoms with E-state index in [1.54, 1.807) is 6.07 Å². The number of hydrogen-bond acceptors (Lipinski definition) is 4. The lowest BCUT2D eigenvalue weighted by molar-refractivity contribution is 0.234. The summed E-state index contributed by atoms with van der Waals surface area (Å²) in [4.78, 5) is 3.59. The monoisotopic (exact) mass is 359 g/mol. The van der Waals surface area contributed by atoms with E-state index in [0.29, 0.717) is 46.9 Å². The number of sulfone groups is 1. The van der Waals surface area contributed by atoms with Crippen LogP contribution in [0.15, 0.2) is 35.5 Å². The zero-order valence-corrected chi connectivity index (χ0v) is 13.4. The molecular formula is C15H12ClF2NO3S. The molecule has 0 bridgehead atoms. The normalized spacial score (nSPS) is 14.1. The molecule has 4 nitrogen and oxygen atoms in total. The number of hydrogen-bond donors (Lipinski definition) is 0. The molecule has 0 spiro atoms. The molecule has 0 amide bonds. The summed E-state index contributed by atoms with van der Waals surface area (Å²) in [5.41, 5.74) is 1.06. The largest absolute Gasteiger partial charge is 0.455 e. The van der Waals surface area contributed by atoms with E-state index >= 15 is 0 Å². The SMILES string of the molecule is O=S(=O)(c1ccc(Oc2cncc(Cl)c2)c2c1CCC2)C(F)F. The molecule has 3 rings (SSSR count). The molecule has 0 atom stereocenters. The van der Waals surface area contributed by atoms with Crippen LogP contribution in [-0.4, -0.2) is 19.2 Å². The number of alkyl halides is 2. The molecule has 0 saturated heterocycles. The molecule has 1 heterocycles. The van der Waals surface area contributed by atoms with Crippen molar-refractivity contribution in [1.82, 2.24) is 4.98 Å². The number of rotatable bonds is 4. The lowest BCUT2D eigenvalue weighted by Gasteiger charge is -2.14. The van der Waals surface area contributed by atoms with Crippen molar-refractivity contribution in [2.45, 2.75) is 29.9 Å². The lowest BCUT2D eigenvalue weighted by Crippen LogP contribution is -2.14. The number of benzene rings is 1. The Bertz CT molecular complexity index is 856. The van der Waals surface area contributed by atoms with Crippen LogP contribution in [0.4, 0.5) is 8.78 Å². The van der Waals surface area contributed by atoms with E-state index in [2.05, 4.69) is 4.98 Å². The first kappa shape index (κ1) is 16.1. The first-order chi connectivity index (χ1) is 10.9. The number of halogens is 3. The van der Waals surface area contributed by atoms with Crippen molar-refractivity contribution in [1.29, 1.82) is 0 Å². The molecule has 0 unspecified atom stereocenters. The summed E-state index contributed by atoms with van der Waals surface area (Å²) in [6.07, 6.45) is 4.62. The molecule has 23 heavy (non-hydrogen) atoms. The highest BCUT2D eigenvalue weighted by Crippen LogP contribution is 2.38. The maximum Gasteiger partial charge on any atom is 0.341 e. The van der Waals surface area contributed by atoms with Crippen molar-refractivity contribution in [3.63, 3.8) is 0 Å². The number of aromatic nitrogens is 1. The van der Waals surface area contributed by atoms with E-state index in [9.17, 15) is 17.2 Å².